The minimum absolute atomic E-state index is 0.127. The first-order chi connectivity index (χ1) is 9.18. The number of aliphatic carboxylic acids is 1. The summed E-state index contributed by atoms with van der Waals surface area (Å²) < 4.78 is 5.45. The Morgan fingerprint density at radius 1 is 1.00 bits per heavy atom. The molecule has 2 rings (SSSR count). The molecule has 5 nitrogen and oxygen atoms in total. The summed E-state index contributed by atoms with van der Waals surface area (Å²) in [5, 5.41) is 12.2. The van der Waals surface area contributed by atoms with Gasteiger partial charge in [-0.15, -0.1) is 0 Å². The fourth-order valence-corrected chi connectivity index (χ4v) is 3.00. The molecule has 0 spiro atoms. The fraction of sp³-hybridized carbons (Fsp3) is 0.857. The second kappa shape index (κ2) is 6.89. The predicted octanol–water partition coefficient (Wildman–Crippen LogP) is 1.71. The highest BCUT2D eigenvalue weighted by Crippen LogP contribution is 2.24. The summed E-state index contributed by atoms with van der Waals surface area (Å²) in [4.78, 5) is 23.4. The normalized spacial score (nSPS) is 32.3. The molecule has 0 bridgehead atoms. The van der Waals surface area contributed by atoms with Crippen LogP contribution in [0.15, 0.2) is 0 Å². The maximum atomic E-state index is 12.1. The van der Waals surface area contributed by atoms with Crippen LogP contribution in [0.2, 0.25) is 0 Å². The zero-order valence-electron chi connectivity index (χ0n) is 11.3. The number of rotatable bonds is 3. The monoisotopic (exact) mass is 269 g/mol. The lowest BCUT2D eigenvalue weighted by Gasteiger charge is -2.27. The SMILES string of the molecule is O=C(NC1CCCCCC1C(=O)O)C1CCCCO1. The number of hydrogen-bond acceptors (Lipinski definition) is 3. The highest BCUT2D eigenvalue weighted by Gasteiger charge is 2.32. The molecule has 2 fully saturated rings. The Morgan fingerprint density at radius 3 is 2.42 bits per heavy atom. The maximum Gasteiger partial charge on any atom is 0.308 e. The molecule has 0 aromatic carbocycles. The average Bonchev–Trinajstić information content (AvgIpc) is 2.65. The Hall–Kier alpha value is -1.10. The summed E-state index contributed by atoms with van der Waals surface area (Å²) in [5.41, 5.74) is 0. The van der Waals surface area contributed by atoms with E-state index in [4.69, 9.17) is 4.74 Å². The van der Waals surface area contributed by atoms with Gasteiger partial charge in [0.15, 0.2) is 0 Å². The third kappa shape index (κ3) is 3.93. The first kappa shape index (κ1) is 14.3. The molecule has 0 aromatic heterocycles. The standard InChI is InChI=1S/C14H23NO4/c16-13(12-8-4-5-9-19-12)15-11-7-3-1-2-6-10(11)14(17)18/h10-12H,1-9H2,(H,15,16)(H,17,18). The molecule has 108 valence electrons. The number of ether oxygens (including phenoxy) is 1. The van der Waals surface area contributed by atoms with Gasteiger partial charge in [-0.2, -0.15) is 0 Å². The Kier molecular flexibility index (Phi) is 5.19. The van der Waals surface area contributed by atoms with Gasteiger partial charge in [0.2, 0.25) is 5.91 Å². The van der Waals surface area contributed by atoms with Crippen LogP contribution < -0.4 is 5.32 Å². The van der Waals surface area contributed by atoms with Crippen LogP contribution in [0.5, 0.6) is 0 Å². The van der Waals surface area contributed by atoms with E-state index in [-0.39, 0.29) is 18.1 Å². The summed E-state index contributed by atoms with van der Waals surface area (Å²) in [6.45, 7) is 0.630. The van der Waals surface area contributed by atoms with Crippen molar-refractivity contribution in [1.29, 1.82) is 0 Å². The number of amides is 1. The number of carbonyl (C=O) groups excluding carboxylic acids is 1. The van der Waals surface area contributed by atoms with Crippen LogP contribution in [0.3, 0.4) is 0 Å². The smallest absolute Gasteiger partial charge is 0.308 e. The lowest BCUT2D eigenvalue weighted by Crippen LogP contribution is -2.48. The molecule has 19 heavy (non-hydrogen) atoms. The van der Waals surface area contributed by atoms with E-state index in [9.17, 15) is 14.7 Å². The van der Waals surface area contributed by atoms with Crippen LogP contribution in [0.25, 0.3) is 0 Å². The maximum absolute atomic E-state index is 12.1. The molecule has 1 aliphatic heterocycles. The lowest BCUT2D eigenvalue weighted by molar-refractivity contribution is -0.144. The van der Waals surface area contributed by atoms with E-state index in [1.54, 1.807) is 0 Å². The summed E-state index contributed by atoms with van der Waals surface area (Å²) in [6, 6.07) is -0.238. The van der Waals surface area contributed by atoms with Gasteiger partial charge in [0.05, 0.1) is 5.92 Å². The second-order valence-corrected chi connectivity index (χ2v) is 5.55. The number of carbonyl (C=O) groups is 2. The molecule has 1 saturated heterocycles. The van der Waals surface area contributed by atoms with Gasteiger partial charge in [-0.05, 0) is 32.1 Å². The van der Waals surface area contributed by atoms with Crippen molar-refractivity contribution in [2.24, 2.45) is 5.92 Å². The van der Waals surface area contributed by atoms with Crippen molar-refractivity contribution >= 4 is 11.9 Å². The first-order valence-corrected chi connectivity index (χ1v) is 7.33. The molecule has 2 aliphatic rings. The van der Waals surface area contributed by atoms with Gasteiger partial charge in [-0.25, -0.2) is 0 Å². The Bertz CT molecular complexity index is 325. The van der Waals surface area contributed by atoms with Crippen LogP contribution in [-0.2, 0) is 14.3 Å². The van der Waals surface area contributed by atoms with E-state index >= 15 is 0 Å². The highest BCUT2D eigenvalue weighted by molar-refractivity contribution is 5.82. The van der Waals surface area contributed by atoms with Crippen LogP contribution in [-0.4, -0.2) is 35.7 Å². The molecule has 1 amide bonds. The minimum atomic E-state index is -0.795. The molecule has 1 saturated carbocycles. The molecule has 0 radical (unpaired) electrons. The van der Waals surface area contributed by atoms with E-state index < -0.39 is 11.9 Å². The van der Waals surface area contributed by atoms with E-state index in [0.29, 0.717) is 13.0 Å². The van der Waals surface area contributed by atoms with Crippen LogP contribution in [0.1, 0.15) is 51.4 Å². The summed E-state index contributed by atoms with van der Waals surface area (Å²) in [6.07, 6.45) is 6.76. The first-order valence-electron chi connectivity index (χ1n) is 7.33. The van der Waals surface area contributed by atoms with E-state index in [2.05, 4.69) is 5.32 Å². The quantitative estimate of drug-likeness (QED) is 0.765. The van der Waals surface area contributed by atoms with Crippen LogP contribution in [0.4, 0.5) is 0 Å². The summed E-state index contributed by atoms with van der Waals surface area (Å²) in [5.74, 6) is -1.37. The number of carboxylic acid groups (broad SMARTS) is 1. The van der Waals surface area contributed by atoms with Crippen molar-refractivity contribution < 1.29 is 19.4 Å². The van der Waals surface area contributed by atoms with E-state index in [1.807, 2.05) is 0 Å². The Morgan fingerprint density at radius 2 is 1.74 bits per heavy atom. The van der Waals surface area contributed by atoms with Crippen molar-refractivity contribution in [1.82, 2.24) is 5.32 Å². The van der Waals surface area contributed by atoms with Gasteiger partial charge < -0.3 is 15.2 Å². The zero-order chi connectivity index (χ0) is 13.7. The van der Waals surface area contributed by atoms with Crippen molar-refractivity contribution in [3.05, 3.63) is 0 Å². The third-order valence-electron chi connectivity index (χ3n) is 4.13. The van der Waals surface area contributed by atoms with Gasteiger partial charge in [-0.1, -0.05) is 19.3 Å². The van der Waals surface area contributed by atoms with Crippen LogP contribution >= 0.6 is 0 Å². The minimum Gasteiger partial charge on any atom is -0.481 e. The number of nitrogens with one attached hydrogen (secondary N) is 1. The fourth-order valence-electron chi connectivity index (χ4n) is 3.00. The number of carboxylic acids is 1. The lowest BCUT2D eigenvalue weighted by atomic mass is 9.94. The second-order valence-electron chi connectivity index (χ2n) is 5.55. The van der Waals surface area contributed by atoms with E-state index in [0.717, 1.165) is 44.9 Å². The molecule has 1 heterocycles. The Labute approximate surface area is 113 Å². The van der Waals surface area contributed by atoms with Gasteiger partial charge in [0.1, 0.15) is 6.10 Å². The van der Waals surface area contributed by atoms with Gasteiger partial charge in [-0.3, -0.25) is 9.59 Å². The molecule has 5 heteroatoms. The molecule has 0 aromatic rings. The molecule has 1 aliphatic carbocycles. The largest absolute Gasteiger partial charge is 0.481 e. The zero-order valence-corrected chi connectivity index (χ0v) is 11.3. The highest BCUT2D eigenvalue weighted by atomic mass is 16.5. The number of hydrogen-bond donors (Lipinski definition) is 2. The van der Waals surface area contributed by atoms with E-state index in [1.165, 1.54) is 0 Å². The topological polar surface area (TPSA) is 75.6 Å². The summed E-state index contributed by atoms with van der Waals surface area (Å²) in [7, 11) is 0. The van der Waals surface area contributed by atoms with Gasteiger partial charge in [0.25, 0.3) is 0 Å². The van der Waals surface area contributed by atoms with Crippen molar-refractivity contribution in [2.75, 3.05) is 6.61 Å². The predicted molar refractivity (Wildman–Crippen MR) is 69.7 cm³/mol. The Balaban J connectivity index is 1.93. The summed E-state index contributed by atoms with van der Waals surface area (Å²) >= 11 is 0. The molecular weight excluding hydrogens is 246 g/mol. The average molecular weight is 269 g/mol. The van der Waals surface area contributed by atoms with Gasteiger partial charge in [0, 0.05) is 12.6 Å². The molecule has 3 unspecified atom stereocenters. The van der Waals surface area contributed by atoms with Crippen molar-refractivity contribution in [2.45, 2.75) is 63.5 Å². The van der Waals surface area contributed by atoms with Gasteiger partial charge >= 0.3 is 5.97 Å². The third-order valence-corrected chi connectivity index (χ3v) is 4.13. The van der Waals surface area contributed by atoms with Crippen LogP contribution in [0, 0.1) is 5.92 Å². The van der Waals surface area contributed by atoms with Crippen molar-refractivity contribution in [3.8, 4) is 0 Å². The molecule has 2 N–H and O–H groups in total. The molecular formula is C14H23NO4. The van der Waals surface area contributed by atoms with Crippen molar-refractivity contribution in [3.63, 3.8) is 0 Å². The molecule has 3 atom stereocenters.